The number of likely N-dealkylation sites (N-methyl/N-ethyl adjacent to an activating group) is 1. The standard InChI is InChI=1S/C22H25NO7/c1-23-8-7-11-9-14-20(29-10-28-14)21(27-4)15(11)17(23)18-12-5-6-13(25-2)19(26-3)16(12)22(24)30-18/h5-6,9,17-18,22,24H,7-8,10H2,1-4H3/p+1/t17-,18-,22-/m1/s1. The van der Waals surface area contributed by atoms with Crippen LogP contribution in [0.5, 0.6) is 28.7 Å². The summed E-state index contributed by atoms with van der Waals surface area (Å²) in [5, 5.41) is 10.8. The molecule has 160 valence electrons. The van der Waals surface area contributed by atoms with Crippen LogP contribution in [0.2, 0.25) is 0 Å². The van der Waals surface area contributed by atoms with Crippen molar-refractivity contribution in [2.75, 3.05) is 41.7 Å². The van der Waals surface area contributed by atoms with Gasteiger partial charge in [0.15, 0.2) is 29.3 Å². The second kappa shape index (κ2) is 7.23. The van der Waals surface area contributed by atoms with Gasteiger partial charge >= 0.3 is 0 Å². The summed E-state index contributed by atoms with van der Waals surface area (Å²) in [4.78, 5) is 1.26. The molecule has 30 heavy (non-hydrogen) atoms. The van der Waals surface area contributed by atoms with E-state index in [1.165, 1.54) is 4.90 Å². The topological polar surface area (TPSA) is 80.1 Å². The second-order valence-corrected chi connectivity index (χ2v) is 7.75. The first-order chi connectivity index (χ1) is 14.6. The summed E-state index contributed by atoms with van der Waals surface area (Å²) < 4.78 is 34.2. The second-order valence-electron chi connectivity index (χ2n) is 7.75. The maximum atomic E-state index is 10.8. The molecule has 0 amide bonds. The fourth-order valence-electron chi connectivity index (χ4n) is 4.98. The van der Waals surface area contributed by atoms with Crippen LogP contribution < -0.4 is 28.6 Å². The third-order valence-corrected chi connectivity index (χ3v) is 6.33. The lowest BCUT2D eigenvalue weighted by Gasteiger charge is -2.36. The highest BCUT2D eigenvalue weighted by Gasteiger charge is 2.47. The number of hydrogen-bond acceptors (Lipinski definition) is 7. The smallest absolute Gasteiger partial charge is 0.231 e. The van der Waals surface area contributed by atoms with E-state index < -0.39 is 6.29 Å². The number of methoxy groups -OCH3 is 3. The summed E-state index contributed by atoms with van der Waals surface area (Å²) in [5.41, 5.74) is 3.68. The van der Waals surface area contributed by atoms with E-state index in [2.05, 4.69) is 7.05 Å². The van der Waals surface area contributed by atoms with Gasteiger partial charge in [-0.2, -0.15) is 0 Å². The molecule has 0 saturated heterocycles. The number of rotatable bonds is 4. The highest BCUT2D eigenvalue weighted by Crippen LogP contribution is 2.54. The van der Waals surface area contributed by atoms with Crippen LogP contribution in [0.4, 0.5) is 0 Å². The molecule has 0 aliphatic carbocycles. The molecule has 3 aliphatic rings. The van der Waals surface area contributed by atoms with Crippen LogP contribution in [-0.4, -0.2) is 46.8 Å². The van der Waals surface area contributed by atoms with Crippen molar-refractivity contribution in [1.29, 1.82) is 0 Å². The summed E-state index contributed by atoms with van der Waals surface area (Å²) in [6.45, 7) is 1.10. The molecule has 1 unspecified atom stereocenters. The molecule has 5 rings (SSSR count). The quantitative estimate of drug-likeness (QED) is 0.778. The lowest BCUT2D eigenvalue weighted by atomic mass is 9.85. The summed E-state index contributed by atoms with van der Waals surface area (Å²) in [7, 11) is 6.92. The molecule has 0 radical (unpaired) electrons. The van der Waals surface area contributed by atoms with Crippen molar-refractivity contribution in [2.24, 2.45) is 0 Å². The van der Waals surface area contributed by atoms with Gasteiger partial charge < -0.3 is 38.4 Å². The van der Waals surface area contributed by atoms with Crippen molar-refractivity contribution in [2.45, 2.75) is 24.9 Å². The molecule has 0 spiro atoms. The van der Waals surface area contributed by atoms with Gasteiger partial charge in [-0.1, -0.05) is 6.07 Å². The number of aliphatic hydroxyl groups excluding tert-OH is 1. The molecule has 3 aliphatic heterocycles. The van der Waals surface area contributed by atoms with Gasteiger partial charge in [-0.25, -0.2) is 0 Å². The van der Waals surface area contributed by atoms with Crippen LogP contribution in [-0.2, 0) is 11.2 Å². The Hall–Kier alpha value is -2.68. The van der Waals surface area contributed by atoms with Gasteiger partial charge in [0.1, 0.15) is 12.1 Å². The van der Waals surface area contributed by atoms with Crippen LogP contribution in [0.15, 0.2) is 18.2 Å². The molecule has 0 fully saturated rings. The average molecular weight is 416 g/mol. The SMILES string of the molecule is COc1ccc2c(c1OC)[C@H](O)O[C@H]2[C@H]1c2c(cc3c(c2OC)OCO3)CC[NH+]1C. The maximum Gasteiger partial charge on any atom is 0.231 e. The van der Waals surface area contributed by atoms with Crippen LogP contribution in [0.3, 0.4) is 0 Å². The number of benzene rings is 2. The van der Waals surface area contributed by atoms with Crippen molar-refractivity contribution < 1.29 is 38.4 Å². The van der Waals surface area contributed by atoms with Gasteiger partial charge in [0.05, 0.1) is 46.0 Å². The Balaban J connectivity index is 1.68. The van der Waals surface area contributed by atoms with Gasteiger partial charge in [-0.3, -0.25) is 0 Å². The lowest BCUT2D eigenvalue weighted by Crippen LogP contribution is -3.11. The highest BCUT2D eigenvalue weighted by molar-refractivity contribution is 5.62. The highest BCUT2D eigenvalue weighted by atomic mass is 16.7. The van der Waals surface area contributed by atoms with Gasteiger partial charge in [0.25, 0.3) is 0 Å². The fourth-order valence-corrected chi connectivity index (χ4v) is 4.98. The first-order valence-electron chi connectivity index (χ1n) is 9.99. The Morgan fingerprint density at radius 1 is 1.03 bits per heavy atom. The first kappa shape index (κ1) is 19.3. The van der Waals surface area contributed by atoms with E-state index in [1.54, 1.807) is 21.3 Å². The fraction of sp³-hybridized carbons (Fsp3) is 0.455. The van der Waals surface area contributed by atoms with E-state index in [0.717, 1.165) is 29.7 Å². The van der Waals surface area contributed by atoms with E-state index in [9.17, 15) is 5.11 Å². The van der Waals surface area contributed by atoms with Gasteiger partial charge in [0.2, 0.25) is 12.5 Å². The Labute approximate surface area is 174 Å². The minimum Gasteiger partial charge on any atom is -0.493 e. The van der Waals surface area contributed by atoms with E-state index >= 15 is 0 Å². The predicted molar refractivity (Wildman–Crippen MR) is 106 cm³/mol. The van der Waals surface area contributed by atoms with E-state index in [4.69, 9.17) is 28.4 Å². The number of nitrogens with one attached hydrogen (secondary N) is 1. The molecule has 2 N–H and O–H groups in total. The minimum atomic E-state index is -1.10. The normalized spacial score (nSPS) is 26.2. The minimum absolute atomic E-state index is 0.104. The first-order valence-corrected chi connectivity index (χ1v) is 9.99. The lowest BCUT2D eigenvalue weighted by molar-refractivity contribution is -0.919. The molecule has 2 aromatic carbocycles. The van der Waals surface area contributed by atoms with Crippen LogP contribution >= 0.6 is 0 Å². The van der Waals surface area contributed by atoms with Crippen molar-refractivity contribution >= 4 is 0 Å². The third-order valence-electron chi connectivity index (χ3n) is 6.33. The predicted octanol–water partition coefficient (Wildman–Crippen LogP) is 1.32. The largest absolute Gasteiger partial charge is 0.493 e. The zero-order valence-electron chi connectivity index (χ0n) is 17.5. The number of hydrogen-bond donors (Lipinski definition) is 2. The number of quaternary nitrogens is 1. The third kappa shape index (κ3) is 2.64. The van der Waals surface area contributed by atoms with Gasteiger partial charge in [0, 0.05) is 6.42 Å². The van der Waals surface area contributed by atoms with Crippen LogP contribution in [0.1, 0.15) is 40.7 Å². The number of ether oxygens (including phenoxy) is 6. The van der Waals surface area contributed by atoms with Gasteiger partial charge in [-0.05, 0) is 23.3 Å². The number of fused-ring (bicyclic) bond motifs is 3. The molecular formula is C22H26NO7+. The van der Waals surface area contributed by atoms with Crippen molar-refractivity contribution in [3.8, 4) is 28.7 Å². The van der Waals surface area contributed by atoms with E-state index in [0.29, 0.717) is 34.3 Å². The van der Waals surface area contributed by atoms with Crippen molar-refractivity contribution in [3.63, 3.8) is 0 Å². The Bertz CT molecular complexity index is 992. The Morgan fingerprint density at radius 2 is 1.83 bits per heavy atom. The van der Waals surface area contributed by atoms with Crippen molar-refractivity contribution in [1.82, 2.24) is 0 Å². The average Bonchev–Trinajstić information content (AvgIpc) is 3.35. The molecule has 8 nitrogen and oxygen atoms in total. The van der Waals surface area contributed by atoms with Crippen LogP contribution in [0.25, 0.3) is 0 Å². The molecule has 0 saturated carbocycles. The molecule has 0 aromatic heterocycles. The van der Waals surface area contributed by atoms with E-state index in [-0.39, 0.29) is 18.9 Å². The van der Waals surface area contributed by atoms with Crippen molar-refractivity contribution in [3.05, 3.63) is 40.5 Å². The molecule has 8 heteroatoms. The Kier molecular flexibility index (Phi) is 4.65. The van der Waals surface area contributed by atoms with E-state index in [1.807, 2.05) is 18.2 Å². The molecule has 3 heterocycles. The molecular weight excluding hydrogens is 390 g/mol. The molecule has 0 bridgehead atoms. The summed E-state index contributed by atoms with van der Waals surface area (Å²) in [6.07, 6.45) is -0.602. The van der Waals surface area contributed by atoms with Crippen LogP contribution in [0, 0.1) is 0 Å². The summed E-state index contributed by atoms with van der Waals surface area (Å²) in [5.74, 6) is 3.07. The monoisotopic (exact) mass is 416 g/mol. The molecule has 4 atom stereocenters. The molecule has 2 aromatic rings. The zero-order chi connectivity index (χ0) is 21.0. The maximum absolute atomic E-state index is 10.8. The van der Waals surface area contributed by atoms with Gasteiger partial charge in [-0.15, -0.1) is 0 Å². The zero-order valence-corrected chi connectivity index (χ0v) is 17.5. The Morgan fingerprint density at radius 3 is 2.57 bits per heavy atom. The summed E-state index contributed by atoms with van der Waals surface area (Å²) in [6, 6.07) is 5.73. The number of aliphatic hydroxyl groups is 1. The summed E-state index contributed by atoms with van der Waals surface area (Å²) >= 11 is 0.